The Kier molecular flexibility index (Phi) is 5.61. The maximum absolute atomic E-state index is 14.0. The molecule has 0 unspecified atom stereocenters. The zero-order valence-electron chi connectivity index (χ0n) is 18.4. The molecule has 4 heterocycles. The highest BCUT2D eigenvalue weighted by atomic mass is 19.1. The van der Waals surface area contributed by atoms with Gasteiger partial charge in [0, 0.05) is 37.6 Å². The highest BCUT2D eigenvalue weighted by molar-refractivity contribution is 5.99. The number of rotatable bonds is 4. The first-order chi connectivity index (χ1) is 15.9. The van der Waals surface area contributed by atoms with E-state index >= 15 is 0 Å². The lowest BCUT2D eigenvalue weighted by atomic mass is 9.93. The van der Waals surface area contributed by atoms with Crippen LogP contribution in [0.5, 0.6) is 0 Å². The third-order valence-electron chi connectivity index (χ3n) is 6.71. The molecule has 9 nitrogen and oxygen atoms in total. The number of anilines is 1. The first-order valence-electron chi connectivity index (χ1n) is 11.4. The predicted molar refractivity (Wildman–Crippen MR) is 120 cm³/mol. The minimum atomic E-state index is -0.452. The van der Waals surface area contributed by atoms with Gasteiger partial charge in [0.15, 0.2) is 5.65 Å². The lowest BCUT2D eigenvalue weighted by molar-refractivity contribution is 0.0869. The Morgan fingerprint density at radius 1 is 1.24 bits per heavy atom. The molecule has 0 radical (unpaired) electrons. The summed E-state index contributed by atoms with van der Waals surface area (Å²) in [5.41, 5.74) is 0.984. The third kappa shape index (κ3) is 4.10. The second-order valence-corrected chi connectivity index (χ2v) is 8.97. The van der Waals surface area contributed by atoms with Crippen molar-refractivity contribution in [2.45, 2.75) is 56.7 Å². The van der Waals surface area contributed by atoms with Crippen molar-refractivity contribution in [3.05, 3.63) is 58.0 Å². The van der Waals surface area contributed by atoms with Crippen molar-refractivity contribution >= 4 is 17.4 Å². The van der Waals surface area contributed by atoms with Gasteiger partial charge in [0.1, 0.15) is 17.2 Å². The Balaban J connectivity index is 1.43. The summed E-state index contributed by atoms with van der Waals surface area (Å²) >= 11 is 0. The van der Waals surface area contributed by atoms with Gasteiger partial charge in [-0.2, -0.15) is 5.10 Å². The number of aliphatic hydroxyl groups excluding tert-OH is 1. The number of aromatic nitrogens is 4. The fourth-order valence-electron chi connectivity index (χ4n) is 4.96. The van der Waals surface area contributed by atoms with E-state index in [2.05, 4.69) is 10.4 Å². The number of hydrogen-bond acceptors (Lipinski definition) is 6. The number of pyridine rings is 1. The van der Waals surface area contributed by atoms with Crippen molar-refractivity contribution in [3.63, 3.8) is 0 Å². The molecule has 1 atom stereocenters. The number of fused-ring (bicyclic) bond motifs is 1. The van der Waals surface area contributed by atoms with E-state index in [1.807, 2.05) is 4.90 Å². The van der Waals surface area contributed by atoms with Gasteiger partial charge in [-0.15, -0.1) is 0 Å². The van der Waals surface area contributed by atoms with Crippen molar-refractivity contribution in [2.24, 2.45) is 7.05 Å². The SMILES string of the molecule is Cn1cc(F)cc([C@H]2CCCN2c2ccn3ncc(C(=O)N[C@H]4CC[C@H](O)CC4)c3n2)c1=O. The third-order valence-corrected chi connectivity index (χ3v) is 6.71. The van der Waals surface area contributed by atoms with Crippen molar-refractivity contribution in [1.29, 1.82) is 0 Å². The molecule has 5 rings (SSSR count). The van der Waals surface area contributed by atoms with Crippen LogP contribution in [0.15, 0.2) is 35.5 Å². The molecule has 1 aliphatic heterocycles. The van der Waals surface area contributed by atoms with Crippen LogP contribution >= 0.6 is 0 Å². The van der Waals surface area contributed by atoms with Gasteiger partial charge in [-0.1, -0.05) is 0 Å². The minimum absolute atomic E-state index is 0.0196. The molecule has 3 aromatic rings. The summed E-state index contributed by atoms with van der Waals surface area (Å²) in [4.78, 5) is 32.3. The maximum atomic E-state index is 14.0. The Labute approximate surface area is 189 Å². The van der Waals surface area contributed by atoms with Gasteiger partial charge in [-0.05, 0) is 50.7 Å². The van der Waals surface area contributed by atoms with Crippen LogP contribution in [0.1, 0.15) is 60.5 Å². The summed E-state index contributed by atoms with van der Waals surface area (Å²) < 4.78 is 16.9. The number of halogens is 1. The molecule has 1 amide bonds. The summed E-state index contributed by atoms with van der Waals surface area (Å²) in [5, 5.41) is 17.0. The van der Waals surface area contributed by atoms with Crippen molar-refractivity contribution < 1.29 is 14.3 Å². The molecule has 0 spiro atoms. The summed E-state index contributed by atoms with van der Waals surface area (Å²) in [7, 11) is 1.54. The lowest BCUT2D eigenvalue weighted by Gasteiger charge is -2.26. The van der Waals surface area contributed by atoms with Crippen molar-refractivity contribution in [3.8, 4) is 0 Å². The summed E-state index contributed by atoms with van der Waals surface area (Å²) in [6.45, 7) is 0.674. The average Bonchev–Trinajstić information content (AvgIpc) is 3.44. The fraction of sp³-hybridized carbons (Fsp3) is 0.478. The molecular weight excluding hydrogens is 427 g/mol. The minimum Gasteiger partial charge on any atom is -0.393 e. The van der Waals surface area contributed by atoms with Gasteiger partial charge >= 0.3 is 0 Å². The number of aliphatic hydroxyl groups is 1. The molecule has 10 heteroatoms. The number of nitrogens with zero attached hydrogens (tertiary/aromatic N) is 5. The van der Waals surface area contributed by atoms with Gasteiger partial charge in [-0.3, -0.25) is 9.59 Å². The quantitative estimate of drug-likeness (QED) is 0.624. The van der Waals surface area contributed by atoms with Crippen LogP contribution in [-0.4, -0.2) is 48.9 Å². The van der Waals surface area contributed by atoms with E-state index in [4.69, 9.17) is 4.98 Å². The van der Waals surface area contributed by atoms with Crippen LogP contribution in [-0.2, 0) is 7.05 Å². The zero-order valence-corrected chi connectivity index (χ0v) is 18.4. The highest BCUT2D eigenvalue weighted by Crippen LogP contribution is 2.34. The number of amides is 1. The van der Waals surface area contributed by atoms with Crippen LogP contribution < -0.4 is 15.8 Å². The second-order valence-electron chi connectivity index (χ2n) is 8.97. The van der Waals surface area contributed by atoms with Gasteiger partial charge in [0.2, 0.25) is 0 Å². The molecular formula is C23H27FN6O3. The Morgan fingerprint density at radius 3 is 2.82 bits per heavy atom. The van der Waals surface area contributed by atoms with Gasteiger partial charge in [-0.25, -0.2) is 13.9 Å². The van der Waals surface area contributed by atoms with E-state index in [0.29, 0.717) is 48.4 Å². The molecule has 0 bridgehead atoms. The number of carbonyl (C=O) groups is 1. The molecule has 1 saturated carbocycles. The Bertz CT molecular complexity index is 1250. The number of carbonyl (C=O) groups excluding carboxylic acids is 1. The summed E-state index contributed by atoms with van der Waals surface area (Å²) in [6, 6.07) is 2.84. The molecule has 33 heavy (non-hydrogen) atoms. The molecule has 0 aromatic carbocycles. The fourth-order valence-corrected chi connectivity index (χ4v) is 4.96. The van der Waals surface area contributed by atoms with E-state index in [9.17, 15) is 19.1 Å². The van der Waals surface area contributed by atoms with Crippen LogP contribution in [0, 0.1) is 5.82 Å². The topological polar surface area (TPSA) is 105 Å². The van der Waals surface area contributed by atoms with Crippen molar-refractivity contribution in [2.75, 3.05) is 11.4 Å². The highest BCUT2D eigenvalue weighted by Gasteiger charge is 2.31. The standard InChI is InChI=1S/C23H27FN6O3/c1-28-13-14(24)11-17(23(28)33)19-3-2-9-29(19)20-8-10-30-21(27-20)18(12-25-30)22(32)26-15-4-6-16(31)7-5-15/h8,10-13,15-16,19,31H,2-7,9H2,1H3,(H,26,32)/t15-,16-,19-/m1/s1. The average molecular weight is 455 g/mol. The monoisotopic (exact) mass is 454 g/mol. The number of aryl methyl sites for hydroxylation is 1. The van der Waals surface area contributed by atoms with Gasteiger partial charge in [0.25, 0.3) is 11.5 Å². The first kappa shape index (κ1) is 21.6. The normalized spacial score (nSPS) is 23.2. The Morgan fingerprint density at radius 2 is 2.03 bits per heavy atom. The van der Waals surface area contributed by atoms with Gasteiger partial charge < -0.3 is 19.9 Å². The van der Waals surface area contributed by atoms with Crippen LogP contribution in [0.3, 0.4) is 0 Å². The van der Waals surface area contributed by atoms with Gasteiger partial charge in [0.05, 0.1) is 18.3 Å². The van der Waals surface area contributed by atoms with E-state index in [1.54, 1.807) is 23.8 Å². The maximum Gasteiger partial charge on any atom is 0.256 e. The largest absolute Gasteiger partial charge is 0.393 e. The molecule has 2 N–H and O–H groups in total. The molecule has 1 aliphatic carbocycles. The van der Waals surface area contributed by atoms with Crippen LogP contribution in [0.4, 0.5) is 10.2 Å². The molecule has 1 saturated heterocycles. The smallest absolute Gasteiger partial charge is 0.256 e. The summed E-state index contributed by atoms with van der Waals surface area (Å²) in [5.74, 6) is -0.0768. The first-order valence-corrected chi connectivity index (χ1v) is 11.4. The summed E-state index contributed by atoms with van der Waals surface area (Å²) in [6.07, 6.45) is 8.53. The van der Waals surface area contributed by atoms with E-state index in [1.165, 1.54) is 23.0 Å². The molecule has 2 aliphatic rings. The van der Waals surface area contributed by atoms with Crippen molar-refractivity contribution in [1.82, 2.24) is 24.5 Å². The predicted octanol–water partition coefficient (Wildman–Crippen LogP) is 1.94. The van der Waals surface area contributed by atoms with Crippen LogP contribution in [0.2, 0.25) is 0 Å². The molecule has 2 fully saturated rings. The van der Waals surface area contributed by atoms with E-state index in [0.717, 1.165) is 19.3 Å². The van der Waals surface area contributed by atoms with E-state index < -0.39 is 5.82 Å². The number of nitrogens with one attached hydrogen (secondary N) is 1. The number of hydrogen-bond donors (Lipinski definition) is 2. The molecule has 174 valence electrons. The van der Waals surface area contributed by atoms with E-state index in [-0.39, 0.29) is 29.7 Å². The van der Waals surface area contributed by atoms with Crippen LogP contribution in [0.25, 0.3) is 5.65 Å². The Hall–Kier alpha value is -3.27. The molecule has 3 aromatic heterocycles. The lowest BCUT2D eigenvalue weighted by Crippen LogP contribution is -2.38. The second kappa shape index (κ2) is 8.58. The zero-order chi connectivity index (χ0) is 23.1.